The number of aromatic nitrogens is 1. The second-order valence-corrected chi connectivity index (χ2v) is 5.83. The van der Waals surface area contributed by atoms with Crippen LogP contribution in [0, 0.1) is 0 Å². The zero-order chi connectivity index (χ0) is 12.0. The van der Waals surface area contributed by atoms with Gasteiger partial charge in [-0.25, -0.2) is 4.98 Å². The Morgan fingerprint density at radius 2 is 2.31 bits per heavy atom. The number of nitrogens with one attached hydrogen (secondary N) is 1. The first-order valence-corrected chi connectivity index (χ1v) is 7.16. The first-order chi connectivity index (χ1) is 7.63. The lowest BCUT2D eigenvalue weighted by Gasteiger charge is -2.03. The summed E-state index contributed by atoms with van der Waals surface area (Å²) in [5.74, 6) is 0.867. The van der Waals surface area contributed by atoms with Gasteiger partial charge in [-0.3, -0.25) is 9.00 Å². The molecule has 1 atom stereocenters. The van der Waals surface area contributed by atoms with E-state index in [9.17, 15) is 9.00 Å². The van der Waals surface area contributed by atoms with Crippen LogP contribution in [0.25, 0.3) is 0 Å². The molecule has 4 nitrogen and oxygen atoms in total. The smallest absolute Gasteiger partial charge is 0.269 e. The lowest BCUT2D eigenvalue weighted by Crippen LogP contribution is -2.28. The van der Waals surface area contributed by atoms with Crippen molar-refractivity contribution in [2.45, 2.75) is 6.92 Å². The number of carbonyl (C=O) groups excluding carboxylic acids is 1. The lowest BCUT2D eigenvalue weighted by molar-refractivity contribution is 0.0951. The monoisotopic (exact) mass is 304 g/mol. The average molecular weight is 305 g/mol. The summed E-state index contributed by atoms with van der Waals surface area (Å²) in [4.78, 5) is 15.5. The fraction of sp³-hybridized carbons (Fsp3) is 0.400. The maximum atomic E-state index is 11.5. The van der Waals surface area contributed by atoms with E-state index in [1.807, 2.05) is 6.92 Å². The lowest BCUT2D eigenvalue weighted by atomic mass is 10.3. The van der Waals surface area contributed by atoms with Crippen molar-refractivity contribution >= 4 is 32.6 Å². The molecule has 16 heavy (non-hydrogen) atoms. The highest BCUT2D eigenvalue weighted by Crippen LogP contribution is 2.06. The molecule has 1 unspecified atom stereocenters. The van der Waals surface area contributed by atoms with E-state index in [0.29, 0.717) is 23.7 Å². The summed E-state index contributed by atoms with van der Waals surface area (Å²) in [7, 11) is -0.846. The van der Waals surface area contributed by atoms with Crippen molar-refractivity contribution in [2.75, 3.05) is 18.1 Å². The Kier molecular flexibility index (Phi) is 5.62. The van der Waals surface area contributed by atoms with Crippen LogP contribution in [-0.2, 0) is 10.8 Å². The van der Waals surface area contributed by atoms with Crippen molar-refractivity contribution in [3.05, 3.63) is 28.5 Å². The zero-order valence-electron chi connectivity index (χ0n) is 8.90. The van der Waals surface area contributed by atoms with Gasteiger partial charge in [0.1, 0.15) is 5.69 Å². The molecule has 0 saturated heterocycles. The number of halogens is 1. The van der Waals surface area contributed by atoms with Crippen LogP contribution >= 0.6 is 15.9 Å². The Bertz CT molecular complexity index is 381. The predicted octanol–water partition coefficient (Wildman–Crippen LogP) is 1.34. The molecule has 1 aromatic heterocycles. The largest absolute Gasteiger partial charge is 0.350 e. The number of amides is 1. The van der Waals surface area contributed by atoms with Crippen molar-refractivity contribution in [1.29, 1.82) is 0 Å². The molecule has 1 heterocycles. The molecular weight excluding hydrogens is 292 g/mol. The van der Waals surface area contributed by atoms with Crippen molar-refractivity contribution in [1.82, 2.24) is 10.3 Å². The van der Waals surface area contributed by atoms with E-state index < -0.39 is 10.8 Å². The molecule has 0 aliphatic heterocycles. The molecule has 0 bridgehead atoms. The third kappa shape index (κ3) is 4.40. The van der Waals surface area contributed by atoms with Crippen LogP contribution in [0.1, 0.15) is 17.4 Å². The highest BCUT2D eigenvalue weighted by Gasteiger charge is 2.06. The van der Waals surface area contributed by atoms with E-state index in [2.05, 4.69) is 26.2 Å². The molecule has 88 valence electrons. The van der Waals surface area contributed by atoms with E-state index in [1.54, 1.807) is 18.3 Å². The van der Waals surface area contributed by atoms with Crippen LogP contribution in [0.4, 0.5) is 0 Å². The molecule has 1 aromatic rings. The van der Waals surface area contributed by atoms with Crippen LogP contribution in [0.15, 0.2) is 22.8 Å². The normalized spacial score (nSPS) is 12.1. The molecule has 1 rings (SSSR count). The topological polar surface area (TPSA) is 59.1 Å². The Labute approximate surface area is 105 Å². The molecule has 1 N–H and O–H groups in total. The molecule has 0 aliphatic carbocycles. The second kappa shape index (κ2) is 6.75. The van der Waals surface area contributed by atoms with Crippen molar-refractivity contribution in [3.8, 4) is 0 Å². The zero-order valence-corrected chi connectivity index (χ0v) is 11.3. The highest BCUT2D eigenvalue weighted by atomic mass is 79.9. The molecular formula is C10H13BrN2O2S. The predicted molar refractivity (Wildman–Crippen MR) is 67.8 cm³/mol. The van der Waals surface area contributed by atoms with E-state index in [1.165, 1.54) is 0 Å². The minimum Gasteiger partial charge on any atom is -0.350 e. The number of carbonyl (C=O) groups is 1. The fourth-order valence-corrected chi connectivity index (χ4v) is 1.88. The molecule has 0 aromatic carbocycles. The van der Waals surface area contributed by atoms with Gasteiger partial charge in [0.25, 0.3) is 5.91 Å². The summed E-state index contributed by atoms with van der Waals surface area (Å²) >= 11 is 3.24. The van der Waals surface area contributed by atoms with Crippen LogP contribution in [0.5, 0.6) is 0 Å². The van der Waals surface area contributed by atoms with Crippen molar-refractivity contribution < 1.29 is 9.00 Å². The molecule has 0 fully saturated rings. The number of hydrogen-bond acceptors (Lipinski definition) is 3. The maximum Gasteiger partial charge on any atom is 0.269 e. The molecule has 0 spiro atoms. The average Bonchev–Trinajstić information content (AvgIpc) is 2.29. The number of nitrogens with zero attached hydrogens (tertiary/aromatic N) is 1. The summed E-state index contributed by atoms with van der Waals surface area (Å²) in [5, 5.41) is 2.67. The Morgan fingerprint density at radius 1 is 1.56 bits per heavy atom. The molecule has 0 saturated carbocycles. The highest BCUT2D eigenvalue weighted by molar-refractivity contribution is 9.10. The minimum atomic E-state index is -0.846. The second-order valence-electron chi connectivity index (χ2n) is 3.05. The van der Waals surface area contributed by atoms with E-state index in [4.69, 9.17) is 0 Å². The van der Waals surface area contributed by atoms with Crippen LogP contribution < -0.4 is 5.32 Å². The minimum absolute atomic E-state index is 0.236. The quantitative estimate of drug-likeness (QED) is 0.893. The molecule has 0 radical (unpaired) electrons. The van der Waals surface area contributed by atoms with Crippen molar-refractivity contribution in [3.63, 3.8) is 0 Å². The summed E-state index contributed by atoms with van der Waals surface area (Å²) in [6.45, 7) is 2.27. The van der Waals surface area contributed by atoms with Gasteiger partial charge in [-0.1, -0.05) is 6.92 Å². The van der Waals surface area contributed by atoms with Gasteiger partial charge in [0.2, 0.25) is 0 Å². The first kappa shape index (κ1) is 13.3. The number of pyridine rings is 1. The Balaban J connectivity index is 2.41. The van der Waals surface area contributed by atoms with Gasteiger partial charge in [0.05, 0.1) is 0 Å². The third-order valence-corrected chi connectivity index (χ3v) is 3.67. The van der Waals surface area contributed by atoms with Gasteiger partial charge in [0, 0.05) is 39.5 Å². The number of rotatable bonds is 5. The van der Waals surface area contributed by atoms with Gasteiger partial charge in [-0.15, -0.1) is 0 Å². The van der Waals surface area contributed by atoms with Gasteiger partial charge < -0.3 is 5.32 Å². The van der Waals surface area contributed by atoms with Gasteiger partial charge in [-0.2, -0.15) is 0 Å². The van der Waals surface area contributed by atoms with Gasteiger partial charge in [0.15, 0.2) is 0 Å². The van der Waals surface area contributed by atoms with Crippen LogP contribution in [-0.4, -0.2) is 33.2 Å². The first-order valence-electron chi connectivity index (χ1n) is 4.88. The summed E-state index contributed by atoms with van der Waals surface area (Å²) < 4.78 is 11.9. The standard InChI is InChI=1S/C10H13BrN2O2S/c1-2-16(15)6-5-12-10(14)9-4-3-8(11)7-13-9/h3-4,7H,2,5-6H2,1H3,(H,12,14). The fourth-order valence-electron chi connectivity index (χ4n) is 1.02. The maximum absolute atomic E-state index is 11.5. The third-order valence-electron chi connectivity index (χ3n) is 1.90. The van der Waals surface area contributed by atoms with E-state index in [0.717, 1.165) is 4.47 Å². The molecule has 6 heteroatoms. The Hall–Kier alpha value is -0.750. The van der Waals surface area contributed by atoms with E-state index in [-0.39, 0.29) is 5.91 Å². The van der Waals surface area contributed by atoms with Crippen LogP contribution in [0.2, 0.25) is 0 Å². The van der Waals surface area contributed by atoms with E-state index >= 15 is 0 Å². The number of hydrogen-bond donors (Lipinski definition) is 1. The SMILES string of the molecule is CCS(=O)CCNC(=O)c1ccc(Br)cn1. The summed E-state index contributed by atoms with van der Waals surface area (Å²) in [6.07, 6.45) is 1.57. The summed E-state index contributed by atoms with van der Waals surface area (Å²) in [6, 6.07) is 3.39. The molecule has 1 amide bonds. The Morgan fingerprint density at radius 3 is 2.88 bits per heavy atom. The van der Waals surface area contributed by atoms with Gasteiger partial charge >= 0.3 is 0 Å². The summed E-state index contributed by atoms with van der Waals surface area (Å²) in [5.41, 5.74) is 0.366. The van der Waals surface area contributed by atoms with Crippen LogP contribution in [0.3, 0.4) is 0 Å². The van der Waals surface area contributed by atoms with Crippen molar-refractivity contribution in [2.24, 2.45) is 0 Å². The van der Waals surface area contributed by atoms with Gasteiger partial charge in [-0.05, 0) is 28.1 Å². The molecule has 0 aliphatic rings.